The molecule has 0 bridgehead atoms. The highest BCUT2D eigenvalue weighted by atomic mass is 19.4. The minimum absolute atomic E-state index is 0.206. The van der Waals surface area contributed by atoms with Crippen LogP contribution >= 0.6 is 0 Å². The number of carbonyl (C=O) groups excluding carboxylic acids is 1. The Balaban J connectivity index is 0.000000640. The molecule has 0 radical (unpaired) electrons. The molecule has 0 saturated carbocycles. The van der Waals surface area contributed by atoms with Crippen LogP contribution in [0, 0.1) is 0 Å². The fourth-order valence-electron chi connectivity index (χ4n) is 1.93. The lowest BCUT2D eigenvalue weighted by molar-refractivity contribution is -0.192. The quantitative estimate of drug-likeness (QED) is 0.406. The first-order valence-corrected chi connectivity index (χ1v) is 7.36. The van der Waals surface area contributed by atoms with E-state index in [0.29, 0.717) is 19.4 Å². The van der Waals surface area contributed by atoms with Gasteiger partial charge in [0.25, 0.3) is 0 Å². The van der Waals surface area contributed by atoms with Crippen molar-refractivity contribution in [1.82, 2.24) is 10.6 Å². The lowest BCUT2D eigenvalue weighted by Gasteiger charge is -2.17. The third-order valence-electron chi connectivity index (χ3n) is 3.18. The lowest BCUT2D eigenvalue weighted by Crippen LogP contribution is -2.48. The van der Waals surface area contributed by atoms with Gasteiger partial charge in [0.1, 0.15) is 6.04 Å². The van der Waals surface area contributed by atoms with E-state index in [1.807, 2.05) is 0 Å². The predicted octanol–water partition coefficient (Wildman–Crippen LogP) is 0.0701. The van der Waals surface area contributed by atoms with Crippen LogP contribution in [0.25, 0.3) is 0 Å². The fraction of sp³-hybridized carbons (Fsp3) is 0.769. The van der Waals surface area contributed by atoms with Crippen LogP contribution in [-0.4, -0.2) is 59.4 Å². The van der Waals surface area contributed by atoms with E-state index < -0.39 is 24.2 Å². The number of nitrogens with two attached hydrogens (primary N) is 1. The van der Waals surface area contributed by atoms with Gasteiger partial charge in [-0.15, -0.1) is 0 Å². The zero-order valence-electron chi connectivity index (χ0n) is 12.9. The highest BCUT2D eigenvalue weighted by molar-refractivity contribution is 5.87. The van der Waals surface area contributed by atoms with Crippen LogP contribution in [0.3, 0.4) is 0 Å². The summed E-state index contributed by atoms with van der Waals surface area (Å²) in [7, 11) is 0. The number of hydrogen-bond donors (Lipinski definition) is 5. The Labute approximate surface area is 136 Å². The van der Waals surface area contributed by atoms with E-state index in [0.717, 1.165) is 25.8 Å². The van der Waals surface area contributed by atoms with E-state index in [4.69, 9.17) is 20.7 Å². The van der Waals surface area contributed by atoms with Gasteiger partial charge in [-0.2, -0.15) is 13.2 Å². The van der Waals surface area contributed by atoms with E-state index in [1.165, 1.54) is 0 Å². The van der Waals surface area contributed by atoms with Crippen molar-refractivity contribution in [2.45, 2.75) is 50.4 Å². The van der Waals surface area contributed by atoms with Crippen LogP contribution in [0.4, 0.5) is 13.2 Å². The number of hydrogen-bond acceptors (Lipinski definition) is 5. The second-order valence-electron chi connectivity index (χ2n) is 5.14. The number of amides is 1. The van der Waals surface area contributed by atoms with Gasteiger partial charge < -0.3 is 26.6 Å². The Morgan fingerprint density at radius 1 is 1.25 bits per heavy atom. The molecule has 1 rings (SSSR count). The van der Waals surface area contributed by atoms with Crippen LogP contribution in [0.1, 0.15) is 32.1 Å². The van der Waals surface area contributed by atoms with Gasteiger partial charge >= 0.3 is 18.1 Å². The molecule has 0 aliphatic carbocycles. The second kappa shape index (κ2) is 10.8. The zero-order valence-corrected chi connectivity index (χ0v) is 12.9. The Morgan fingerprint density at radius 2 is 1.83 bits per heavy atom. The van der Waals surface area contributed by atoms with Crippen molar-refractivity contribution in [2.75, 3.05) is 13.1 Å². The van der Waals surface area contributed by atoms with Gasteiger partial charge in [-0.1, -0.05) is 0 Å². The summed E-state index contributed by atoms with van der Waals surface area (Å²) < 4.78 is 31.7. The summed E-state index contributed by atoms with van der Waals surface area (Å²) >= 11 is 0. The summed E-state index contributed by atoms with van der Waals surface area (Å²) in [5.41, 5.74) is 5.35. The van der Waals surface area contributed by atoms with E-state index in [1.54, 1.807) is 0 Å². The number of alkyl halides is 3. The third-order valence-corrected chi connectivity index (χ3v) is 3.18. The van der Waals surface area contributed by atoms with Crippen molar-refractivity contribution >= 4 is 17.8 Å². The van der Waals surface area contributed by atoms with E-state index in [-0.39, 0.29) is 11.9 Å². The molecule has 1 aliphatic heterocycles. The van der Waals surface area contributed by atoms with Crippen LogP contribution in [0.5, 0.6) is 0 Å². The van der Waals surface area contributed by atoms with Crippen molar-refractivity contribution in [1.29, 1.82) is 0 Å². The maximum Gasteiger partial charge on any atom is 0.490 e. The fourth-order valence-corrected chi connectivity index (χ4v) is 1.93. The van der Waals surface area contributed by atoms with Gasteiger partial charge in [0.2, 0.25) is 5.91 Å². The number of carbonyl (C=O) groups is 3. The molecule has 0 aromatic carbocycles. The second-order valence-corrected chi connectivity index (χ2v) is 5.14. The first-order chi connectivity index (χ1) is 11.1. The maximum absolute atomic E-state index is 11.7. The molecule has 0 aromatic heterocycles. The zero-order chi connectivity index (χ0) is 18.8. The van der Waals surface area contributed by atoms with Crippen molar-refractivity contribution in [3.05, 3.63) is 0 Å². The molecule has 1 amide bonds. The van der Waals surface area contributed by atoms with E-state index in [9.17, 15) is 22.8 Å². The van der Waals surface area contributed by atoms with Gasteiger partial charge in [-0.25, -0.2) is 9.59 Å². The summed E-state index contributed by atoms with van der Waals surface area (Å²) in [4.78, 5) is 31.6. The molecule has 0 aromatic rings. The third kappa shape index (κ3) is 9.30. The first-order valence-electron chi connectivity index (χ1n) is 7.36. The predicted molar refractivity (Wildman–Crippen MR) is 77.2 cm³/mol. The lowest BCUT2D eigenvalue weighted by atomic mass is 10.1. The molecule has 0 spiro atoms. The molecular weight excluding hydrogens is 335 g/mol. The molecule has 2 atom stereocenters. The summed E-state index contributed by atoms with van der Waals surface area (Å²) in [5, 5.41) is 21.7. The standard InChI is InChI=1S/C11H21N3O3.C2HF3O2/c12-6-2-1-4-9(11(16)17)14-10(15)8-5-3-7-13-8;3-2(4,5)1(6)7/h8-9,13H,1-7,12H2,(H,14,15)(H,16,17);(H,6,7)/t8-,9-;/m0./s1. The SMILES string of the molecule is NCCCC[C@H](NC(=O)[C@@H]1CCCN1)C(=O)O.O=C(O)C(F)(F)F. The molecule has 1 fully saturated rings. The Bertz CT molecular complexity index is 426. The Kier molecular flexibility index (Phi) is 9.97. The highest BCUT2D eigenvalue weighted by Crippen LogP contribution is 2.13. The number of carboxylic acids is 2. The van der Waals surface area contributed by atoms with Crippen molar-refractivity contribution in [3.63, 3.8) is 0 Å². The van der Waals surface area contributed by atoms with Crippen molar-refractivity contribution in [3.8, 4) is 0 Å². The molecule has 8 nitrogen and oxygen atoms in total. The minimum Gasteiger partial charge on any atom is -0.480 e. The number of rotatable bonds is 7. The summed E-state index contributed by atoms with van der Waals surface area (Å²) in [6.45, 7) is 1.37. The largest absolute Gasteiger partial charge is 0.490 e. The Morgan fingerprint density at radius 3 is 2.21 bits per heavy atom. The molecular formula is C13H22F3N3O5. The summed E-state index contributed by atoms with van der Waals surface area (Å²) in [6, 6.07) is -1.03. The molecule has 0 unspecified atom stereocenters. The van der Waals surface area contributed by atoms with E-state index in [2.05, 4.69) is 10.6 Å². The average Bonchev–Trinajstić information content (AvgIpc) is 3.00. The monoisotopic (exact) mass is 357 g/mol. The smallest absolute Gasteiger partial charge is 0.480 e. The molecule has 1 heterocycles. The molecule has 11 heteroatoms. The summed E-state index contributed by atoms with van der Waals surface area (Å²) in [6.07, 6.45) is -1.41. The van der Waals surface area contributed by atoms with Gasteiger partial charge in [0, 0.05) is 0 Å². The molecule has 24 heavy (non-hydrogen) atoms. The van der Waals surface area contributed by atoms with Gasteiger partial charge in [-0.3, -0.25) is 4.79 Å². The van der Waals surface area contributed by atoms with Gasteiger partial charge in [-0.05, 0) is 45.2 Å². The number of unbranched alkanes of at least 4 members (excludes halogenated alkanes) is 1. The number of nitrogens with one attached hydrogen (secondary N) is 2. The minimum atomic E-state index is -5.08. The van der Waals surface area contributed by atoms with Crippen molar-refractivity contribution < 1.29 is 37.8 Å². The van der Waals surface area contributed by atoms with Gasteiger partial charge in [0.15, 0.2) is 0 Å². The molecule has 140 valence electrons. The normalized spacial score (nSPS) is 18.2. The summed E-state index contributed by atoms with van der Waals surface area (Å²) in [5.74, 6) is -3.94. The first kappa shape index (κ1) is 22.1. The highest BCUT2D eigenvalue weighted by Gasteiger charge is 2.38. The topological polar surface area (TPSA) is 142 Å². The average molecular weight is 357 g/mol. The number of carboxylic acid groups (broad SMARTS) is 2. The van der Waals surface area contributed by atoms with Crippen LogP contribution in [0.2, 0.25) is 0 Å². The molecule has 1 aliphatic rings. The van der Waals surface area contributed by atoms with Crippen LogP contribution in [0.15, 0.2) is 0 Å². The van der Waals surface area contributed by atoms with Crippen LogP contribution < -0.4 is 16.4 Å². The van der Waals surface area contributed by atoms with Crippen molar-refractivity contribution in [2.24, 2.45) is 5.73 Å². The Hall–Kier alpha value is -1.88. The molecule has 1 saturated heterocycles. The van der Waals surface area contributed by atoms with Gasteiger partial charge in [0.05, 0.1) is 6.04 Å². The molecule has 6 N–H and O–H groups in total. The van der Waals surface area contributed by atoms with E-state index >= 15 is 0 Å². The maximum atomic E-state index is 11.7. The number of aliphatic carboxylic acids is 2. The van der Waals surface area contributed by atoms with Crippen LogP contribution in [-0.2, 0) is 14.4 Å². The number of halogens is 3.